The molecule has 0 bridgehead atoms. The van der Waals surface area contributed by atoms with Crippen LogP contribution in [0, 0.1) is 5.92 Å². The van der Waals surface area contributed by atoms with Crippen molar-refractivity contribution in [2.45, 2.75) is 26.3 Å². The van der Waals surface area contributed by atoms with Crippen molar-refractivity contribution < 1.29 is 14.3 Å². The molecule has 2 aliphatic heterocycles. The fourth-order valence-electron chi connectivity index (χ4n) is 3.16. The molecule has 1 aromatic rings. The van der Waals surface area contributed by atoms with Crippen LogP contribution < -0.4 is 0 Å². The second-order valence-electron chi connectivity index (χ2n) is 5.75. The van der Waals surface area contributed by atoms with Gasteiger partial charge in [-0.15, -0.1) is 0 Å². The largest absolute Gasteiger partial charge is 0.450 e. The molecule has 1 aromatic heterocycles. The zero-order valence-electron chi connectivity index (χ0n) is 12.9. The number of piperazine rings is 1. The van der Waals surface area contributed by atoms with Gasteiger partial charge in [-0.3, -0.25) is 9.48 Å². The van der Waals surface area contributed by atoms with Crippen molar-refractivity contribution in [1.29, 1.82) is 0 Å². The van der Waals surface area contributed by atoms with Gasteiger partial charge in [-0.2, -0.15) is 5.10 Å². The number of hydrogen-bond acceptors (Lipinski definition) is 4. The van der Waals surface area contributed by atoms with Crippen molar-refractivity contribution in [3.63, 3.8) is 0 Å². The molecule has 3 heterocycles. The lowest BCUT2D eigenvalue weighted by Gasteiger charge is -2.36. The van der Waals surface area contributed by atoms with Crippen LogP contribution in [0.5, 0.6) is 0 Å². The van der Waals surface area contributed by atoms with Crippen molar-refractivity contribution in [3.05, 3.63) is 18.0 Å². The molecule has 2 amide bonds. The summed E-state index contributed by atoms with van der Waals surface area (Å²) in [5.41, 5.74) is 1.13. The lowest BCUT2D eigenvalue weighted by molar-refractivity contribution is -0.137. The highest BCUT2D eigenvalue weighted by Gasteiger charge is 2.31. The molecule has 0 saturated carbocycles. The third-order valence-electron chi connectivity index (χ3n) is 4.42. The molecule has 0 aromatic carbocycles. The number of amides is 2. The predicted molar refractivity (Wildman–Crippen MR) is 79.2 cm³/mol. The number of carbonyl (C=O) groups is 2. The third kappa shape index (κ3) is 2.93. The second-order valence-corrected chi connectivity index (χ2v) is 5.75. The number of fused-ring (bicyclic) bond motifs is 1. The summed E-state index contributed by atoms with van der Waals surface area (Å²) in [5, 5.41) is 4.24. The molecule has 0 aliphatic carbocycles. The maximum atomic E-state index is 12.6. The molecule has 1 fully saturated rings. The van der Waals surface area contributed by atoms with E-state index in [1.54, 1.807) is 18.0 Å². The summed E-state index contributed by atoms with van der Waals surface area (Å²) in [4.78, 5) is 27.9. The van der Waals surface area contributed by atoms with Gasteiger partial charge in [0.2, 0.25) is 5.91 Å². The zero-order valence-corrected chi connectivity index (χ0v) is 12.9. The minimum atomic E-state index is -0.281. The Balaban J connectivity index is 1.53. The standard InChI is InChI=1S/C15H22N4O3/c1-2-22-15(21)18-9-7-17(8-10-18)14(20)12-4-6-19-13(11-12)3-5-16-19/h3,5,12H,2,4,6-11H2,1H3. The molecule has 1 atom stereocenters. The van der Waals surface area contributed by atoms with Crippen molar-refractivity contribution in [3.8, 4) is 0 Å². The molecule has 1 unspecified atom stereocenters. The Morgan fingerprint density at radius 2 is 1.95 bits per heavy atom. The highest BCUT2D eigenvalue weighted by molar-refractivity contribution is 5.79. The molecule has 7 heteroatoms. The normalized spacial score (nSPS) is 21.4. The summed E-state index contributed by atoms with van der Waals surface area (Å²) >= 11 is 0. The Morgan fingerprint density at radius 1 is 1.23 bits per heavy atom. The summed E-state index contributed by atoms with van der Waals surface area (Å²) in [6.07, 6.45) is 3.11. The number of ether oxygens (including phenoxy) is 1. The maximum absolute atomic E-state index is 12.6. The van der Waals surface area contributed by atoms with Crippen LogP contribution in [0.25, 0.3) is 0 Å². The van der Waals surface area contributed by atoms with Crippen LogP contribution >= 0.6 is 0 Å². The van der Waals surface area contributed by atoms with E-state index in [4.69, 9.17) is 4.74 Å². The monoisotopic (exact) mass is 306 g/mol. The van der Waals surface area contributed by atoms with Crippen LogP contribution in [0.2, 0.25) is 0 Å². The van der Waals surface area contributed by atoms with Gasteiger partial charge in [-0.05, 0) is 19.4 Å². The number of aromatic nitrogens is 2. The number of rotatable bonds is 2. The van der Waals surface area contributed by atoms with Gasteiger partial charge in [0.25, 0.3) is 0 Å². The molecule has 1 saturated heterocycles. The fraction of sp³-hybridized carbons (Fsp3) is 0.667. The highest BCUT2D eigenvalue weighted by atomic mass is 16.6. The summed E-state index contributed by atoms with van der Waals surface area (Å²) in [6.45, 7) is 5.27. The van der Waals surface area contributed by atoms with Crippen LogP contribution in [0.3, 0.4) is 0 Å². The topological polar surface area (TPSA) is 67.7 Å². The lowest BCUT2D eigenvalue weighted by atomic mass is 9.94. The fourth-order valence-corrected chi connectivity index (χ4v) is 3.16. The second kappa shape index (κ2) is 6.37. The maximum Gasteiger partial charge on any atom is 0.409 e. The van der Waals surface area contributed by atoms with Crippen molar-refractivity contribution in [1.82, 2.24) is 19.6 Å². The Kier molecular flexibility index (Phi) is 4.31. The molecule has 7 nitrogen and oxygen atoms in total. The number of hydrogen-bond donors (Lipinski definition) is 0. The molecular formula is C15H22N4O3. The van der Waals surface area contributed by atoms with Gasteiger partial charge in [0.15, 0.2) is 0 Å². The summed E-state index contributed by atoms with van der Waals surface area (Å²) in [5.74, 6) is 0.245. The van der Waals surface area contributed by atoms with Crippen LogP contribution in [-0.2, 0) is 22.5 Å². The van der Waals surface area contributed by atoms with Gasteiger partial charge in [-0.1, -0.05) is 0 Å². The molecule has 0 spiro atoms. The average molecular weight is 306 g/mol. The quantitative estimate of drug-likeness (QED) is 0.808. The van der Waals surface area contributed by atoms with E-state index in [0.717, 1.165) is 25.1 Å². The molecule has 0 radical (unpaired) electrons. The van der Waals surface area contributed by atoms with Crippen LogP contribution in [-0.4, -0.2) is 64.4 Å². The number of nitrogens with zero attached hydrogens (tertiary/aromatic N) is 4. The summed E-state index contributed by atoms with van der Waals surface area (Å²) in [7, 11) is 0. The molecule has 120 valence electrons. The number of carbonyl (C=O) groups excluding carboxylic acids is 2. The molecule has 2 aliphatic rings. The minimum Gasteiger partial charge on any atom is -0.450 e. The van der Waals surface area contributed by atoms with Crippen molar-refractivity contribution >= 4 is 12.0 Å². The lowest BCUT2D eigenvalue weighted by Crippen LogP contribution is -2.52. The van der Waals surface area contributed by atoms with Gasteiger partial charge >= 0.3 is 6.09 Å². The molecule has 0 N–H and O–H groups in total. The Hall–Kier alpha value is -2.05. The smallest absolute Gasteiger partial charge is 0.409 e. The first-order valence-electron chi connectivity index (χ1n) is 7.90. The van der Waals surface area contributed by atoms with E-state index < -0.39 is 0 Å². The summed E-state index contributed by atoms with van der Waals surface area (Å²) < 4.78 is 6.97. The van der Waals surface area contributed by atoms with E-state index in [0.29, 0.717) is 32.8 Å². The Labute approximate surface area is 129 Å². The summed E-state index contributed by atoms with van der Waals surface area (Å²) in [6, 6.07) is 1.98. The van der Waals surface area contributed by atoms with Crippen molar-refractivity contribution in [2.75, 3.05) is 32.8 Å². The first kappa shape index (κ1) is 14.9. The highest BCUT2D eigenvalue weighted by Crippen LogP contribution is 2.22. The SMILES string of the molecule is CCOC(=O)N1CCN(C(=O)C2CCn3nccc3C2)CC1. The molecule has 22 heavy (non-hydrogen) atoms. The van der Waals surface area contributed by atoms with E-state index in [9.17, 15) is 9.59 Å². The molecule has 3 rings (SSSR count). The van der Waals surface area contributed by atoms with Crippen LogP contribution in [0.15, 0.2) is 12.3 Å². The minimum absolute atomic E-state index is 0.0401. The van der Waals surface area contributed by atoms with Gasteiger partial charge in [0.1, 0.15) is 0 Å². The van der Waals surface area contributed by atoms with E-state index in [1.807, 2.05) is 15.6 Å². The molecular weight excluding hydrogens is 284 g/mol. The van der Waals surface area contributed by atoms with Crippen molar-refractivity contribution in [2.24, 2.45) is 5.92 Å². The van der Waals surface area contributed by atoms with E-state index in [-0.39, 0.29) is 17.9 Å². The Bertz CT molecular complexity index is 549. The zero-order chi connectivity index (χ0) is 15.5. The van der Waals surface area contributed by atoms with E-state index in [2.05, 4.69) is 5.10 Å². The van der Waals surface area contributed by atoms with Gasteiger partial charge in [0.05, 0.1) is 6.61 Å². The first-order chi connectivity index (χ1) is 10.7. The van der Waals surface area contributed by atoms with Gasteiger partial charge in [-0.25, -0.2) is 4.79 Å². The third-order valence-corrected chi connectivity index (χ3v) is 4.42. The first-order valence-corrected chi connectivity index (χ1v) is 7.90. The Morgan fingerprint density at radius 3 is 2.68 bits per heavy atom. The number of aryl methyl sites for hydroxylation is 1. The average Bonchev–Trinajstić information content (AvgIpc) is 3.02. The van der Waals surface area contributed by atoms with Crippen LogP contribution in [0.4, 0.5) is 4.79 Å². The van der Waals surface area contributed by atoms with E-state index >= 15 is 0 Å². The van der Waals surface area contributed by atoms with E-state index in [1.165, 1.54) is 0 Å². The van der Waals surface area contributed by atoms with Crippen LogP contribution in [0.1, 0.15) is 19.0 Å². The van der Waals surface area contributed by atoms with Gasteiger partial charge < -0.3 is 14.5 Å². The predicted octanol–water partition coefficient (Wildman–Crippen LogP) is 0.746. The van der Waals surface area contributed by atoms with Gasteiger partial charge in [0, 0.05) is 57.0 Å².